The highest BCUT2D eigenvalue weighted by Crippen LogP contribution is 2.37. The molecule has 0 unspecified atom stereocenters. The summed E-state index contributed by atoms with van der Waals surface area (Å²) in [5, 5.41) is 0. The summed E-state index contributed by atoms with van der Waals surface area (Å²) in [5.41, 5.74) is 0. The molecule has 1 rings (SSSR count). The lowest BCUT2D eigenvalue weighted by molar-refractivity contribution is 0.00569. The molecular formula is C9H15IO3. The van der Waals surface area contributed by atoms with Crippen molar-refractivity contribution in [1.29, 1.82) is 0 Å². The summed E-state index contributed by atoms with van der Waals surface area (Å²) in [7, 11) is 0. The van der Waals surface area contributed by atoms with Gasteiger partial charge < -0.3 is 9.47 Å². The van der Waals surface area contributed by atoms with E-state index in [1.807, 2.05) is 0 Å². The molecule has 0 radical (unpaired) electrons. The van der Waals surface area contributed by atoms with Crippen LogP contribution in [0.25, 0.3) is 0 Å². The van der Waals surface area contributed by atoms with Crippen LogP contribution in [-0.4, -0.2) is 16.4 Å². The molecule has 0 bridgehead atoms. The first-order valence-electron chi connectivity index (χ1n) is 4.71. The average molecular weight is 298 g/mol. The van der Waals surface area contributed by atoms with E-state index in [1.54, 1.807) is 6.92 Å². The highest BCUT2D eigenvalue weighted by atomic mass is 127. The van der Waals surface area contributed by atoms with Crippen LogP contribution in [0.3, 0.4) is 0 Å². The van der Waals surface area contributed by atoms with Gasteiger partial charge in [-0.25, -0.2) is 4.79 Å². The number of halogens is 1. The summed E-state index contributed by atoms with van der Waals surface area (Å²) in [6.45, 7) is 2.16. The molecular weight excluding hydrogens is 283 g/mol. The summed E-state index contributed by atoms with van der Waals surface area (Å²) < 4.78 is 9.69. The Labute approximate surface area is 92.3 Å². The number of hydrogen-bond acceptors (Lipinski definition) is 3. The van der Waals surface area contributed by atoms with Crippen molar-refractivity contribution in [3.8, 4) is 0 Å². The van der Waals surface area contributed by atoms with Crippen LogP contribution in [0.15, 0.2) is 0 Å². The van der Waals surface area contributed by atoms with E-state index < -0.39 is 6.16 Å². The lowest BCUT2D eigenvalue weighted by Gasteiger charge is -2.30. The zero-order valence-electron chi connectivity index (χ0n) is 7.85. The van der Waals surface area contributed by atoms with Gasteiger partial charge in [0.25, 0.3) is 0 Å². The first-order chi connectivity index (χ1) is 6.16. The topological polar surface area (TPSA) is 35.5 Å². The predicted octanol–water partition coefficient (Wildman–Crippen LogP) is 3.25. The normalized spacial score (nSPS) is 20.8. The summed E-state index contributed by atoms with van der Waals surface area (Å²) in [6, 6.07) is 0. The van der Waals surface area contributed by atoms with Gasteiger partial charge in [-0.1, -0.05) is 6.42 Å². The van der Waals surface area contributed by atoms with Gasteiger partial charge in [-0.15, -0.1) is 0 Å². The van der Waals surface area contributed by atoms with E-state index in [0.29, 0.717) is 6.61 Å². The molecule has 0 aliphatic heterocycles. The minimum absolute atomic E-state index is 0.303. The summed E-state index contributed by atoms with van der Waals surface area (Å²) in [4.78, 5) is 11.1. The Morgan fingerprint density at radius 3 is 2.54 bits per heavy atom. The minimum atomic E-state index is -0.529. The second-order valence-electron chi connectivity index (χ2n) is 3.23. The van der Waals surface area contributed by atoms with E-state index >= 15 is 0 Å². The van der Waals surface area contributed by atoms with Gasteiger partial charge in [-0.2, -0.15) is 0 Å². The first kappa shape index (κ1) is 11.1. The summed E-state index contributed by atoms with van der Waals surface area (Å²) in [6.07, 6.45) is 4.90. The molecule has 0 aromatic heterocycles. The molecule has 0 N–H and O–H groups in total. The number of hydrogen-bond donors (Lipinski definition) is 0. The van der Waals surface area contributed by atoms with Crippen LogP contribution < -0.4 is 0 Å². The van der Waals surface area contributed by atoms with Crippen molar-refractivity contribution in [1.82, 2.24) is 0 Å². The van der Waals surface area contributed by atoms with Crippen molar-refractivity contribution >= 4 is 28.7 Å². The summed E-state index contributed by atoms with van der Waals surface area (Å²) >= 11 is 2.22. The molecule has 1 aliphatic carbocycles. The Morgan fingerprint density at radius 1 is 1.38 bits per heavy atom. The Bertz CT molecular complexity index is 176. The Morgan fingerprint density at radius 2 is 2.00 bits per heavy atom. The van der Waals surface area contributed by atoms with Crippen molar-refractivity contribution < 1.29 is 14.3 Å². The van der Waals surface area contributed by atoms with Gasteiger partial charge in [0.2, 0.25) is 0 Å². The standard InChI is InChI=1S/C9H15IO3/c1-2-12-8(11)13-9(10)6-4-3-5-7-9/h2-7H2,1H3. The van der Waals surface area contributed by atoms with E-state index in [4.69, 9.17) is 9.47 Å². The van der Waals surface area contributed by atoms with E-state index in [1.165, 1.54) is 6.42 Å². The number of ether oxygens (including phenoxy) is 2. The van der Waals surface area contributed by atoms with Crippen LogP contribution in [-0.2, 0) is 9.47 Å². The molecule has 13 heavy (non-hydrogen) atoms. The second kappa shape index (κ2) is 5.02. The minimum Gasteiger partial charge on any atom is -0.435 e. The van der Waals surface area contributed by atoms with E-state index in [0.717, 1.165) is 25.7 Å². The molecule has 1 aliphatic rings. The van der Waals surface area contributed by atoms with Gasteiger partial charge in [0.05, 0.1) is 6.61 Å². The summed E-state index contributed by atoms with van der Waals surface area (Å²) in [5.74, 6) is 0. The SMILES string of the molecule is CCOC(=O)OC1(I)CCCCC1. The smallest absolute Gasteiger partial charge is 0.435 e. The highest BCUT2D eigenvalue weighted by Gasteiger charge is 2.33. The number of rotatable bonds is 2. The van der Waals surface area contributed by atoms with Gasteiger partial charge in [0.15, 0.2) is 3.61 Å². The molecule has 76 valence electrons. The van der Waals surface area contributed by atoms with Gasteiger partial charge in [0, 0.05) is 0 Å². The van der Waals surface area contributed by atoms with Crippen LogP contribution in [0.2, 0.25) is 0 Å². The maximum Gasteiger partial charge on any atom is 0.509 e. The van der Waals surface area contributed by atoms with Crippen LogP contribution in [0.5, 0.6) is 0 Å². The monoisotopic (exact) mass is 298 g/mol. The Balaban J connectivity index is 2.36. The molecule has 0 saturated heterocycles. The largest absolute Gasteiger partial charge is 0.509 e. The third-order valence-corrected chi connectivity index (χ3v) is 3.43. The molecule has 0 heterocycles. The third-order valence-electron chi connectivity index (χ3n) is 2.13. The maximum absolute atomic E-state index is 11.1. The van der Waals surface area contributed by atoms with Gasteiger partial charge >= 0.3 is 6.16 Å². The molecule has 0 aromatic carbocycles. The molecule has 0 atom stereocenters. The fourth-order valence-corrected chi connectivity index (χ4v) is 2.42. The van der Waals surface area contributed by atoms with Crippen molar-refractivity contribution in [3.05, 3.63) is 0 Å². The van der Waals surface area contributed by atoms with Crippen molar-refractivity contribution in [2.24, 2.45) is 0 Å². The molecule has 0 spiro atoms. The highest BCUT2D eigenvalue weighted by molar-refractivity contribution is 14.1. The van der Waals surface area contributed by atoms with Crippen LogP contribution >= 0.6 is 22.6 Å². The van der Waals surface area contributed by atoms with E-state index in [2.05, 4.69) is 22.6 Å². The van der Waals surface area contributed by atoms with E-state index in [9.17, 15) is 4.79 Å². The number of carbonyl (C=O) groups excluding carboxylic acids is 1. The average Bonchev–Trinajstić information content (AvgIpc) is 2.04. The first-order valence-corrected chi connectivity index (χ1v) is 5.79. The van der Waals surface area contributed by atoms with Crippen molar-refractivity contribution in [2.75, 3.05) is 6.61 Å². The number of carbonyl (C=O) groups is 1. The number of alkyl halides is 1. The van der Waals surface area contributed by atoms with Crippen molar-refractivity contribution in [2.45, 2.75) is 42.6 Å². The Kier molecular flexibility index (Phi) is 4.28. The molecule has 3 nitrogen and oxygen atoms in total. The van der Waals surface area contributed by atoms with Gasteiger partial charge in [-0.05, 0) is 55.2 Å². The third kappa shape index (κ3) is 3.70. The molecule has 0 amide bonds. The van der Waals surface area contributed by atoms with Crippen LogP contribution in [0, 0.1) is 0 Å². The lowest BCUT2D eigenvalue weighted by atomic mass is 9.98. The van der Waals surface area contributed by atoms with E-state index in [-0.39, 0.29) is 3.61 Å². The van der Waals surface area contributed by atoms with Gasteiger partial charge in [0.1, 0.15) is 0 Å². The quantitative estimate of drug-likeness (QED) is 0.446. The molecule has 1 saturated carbocycles. The van der Waals surface area contributed by atoms with Crippen LogP contribution in [0.1, 0.15) is 39.0 Å². The predicted molar refractivity (Wildman–Crippen MR) is 57.9 cm³/mol. The fraction of sp³-hybridized carbons (Fsp3) is 0.889. The molecule has 4 heteroatoms. The molecule has 1 fully saturated rings. The maximum atomic E-state index is 11.1. The van der Waals surface area contributed by atoms with Crippen LogP contribution in [0.4, 0.5) is 4.79 Å². The second-order valence-corrected chi connectivity index (χ2v) is 5.19. The lowest BCUT2D eigenvalue weighted by Crippen LogP contribution is -2.30. The fourth-order valence-electron chi connectivity index (χ4n) is 1.48. The van der Waals surface area contributed by atoms with Crippen molar-refractivity contribution in [3.63, 3.8) is 0 Å². The Hall–Kier alpha value is 0. The zero-order valence-corrected chi connectivity index (χ0v) is 10.0. The van der Waals surface area contributed by atoms with Gasteiger partial charge in [-0.3, -0.25) is 0 Å². The zero-order chi connectivity index (χ0) is 9.73. The molecule has 0 aromatic rings.